The number of allylic oxidation sites excluding steroid dienone is 3. The van der Waals surface area contributed by atoms with Gasteiger partial charge in [0.2, 0.25) is 0 Å². The highest BCUT2D eigenvalue weighted by molar-refractivity contribution is 5.97. The molecule has 0 amide bonds. The number of methoxy groups -OCH3 is 1. The summed E-state index contributed by atoms with van der Waals surface area (Å²) in [5, 5.41) is 2.20. The van der Waals surface area contributed by atoms with Crippen molar-refractivity contribution in [1.29, 1.82) is 0 Å². The van der Waals surface area contributed by atoms with E-state index in [9.17, 15) is 0 Å². The Kier molecular flexibility index (Phi) is 6.42. The summed E-state index contributed by atoms with van der Waals surface area (Å²) in [6, 6.07) is 20.6. The van der Waals surface area contributed by atoms with Crippen molar-refractivity contribution in [3.05, 3.63) is 90.5 Å². The van der Waals surface area contributed by atoms with Gasteiger partial charge in [-0.25, -0.2) is 4.99 Å². The van der Waals surface area contributed by atoms with Gasteiger partial charge in [-0.2, -0.15) is 0 Å². The van der Waals surface area contributed by atoms with Crippen molar-refractivity contribution in [2.45, 2.75) is 25.8 Å². The average Bonchev–Trinajstić information content (AvgIpc) is 2.81. The third kappa shape index (κ3) is 4.76. The maximum absolute atomic E-state index is 6.54. The molecule has 164 valence electrons. The van der Waals surface area contributed by atoms with Gasteiger partial charge in [-0.15, -0.1) is 0 Å². The highest BCUT2D eigenvalue weighted by Gasteiger charge is 2.22. The molecule has 4 nitrogen and oxygen atoms in total. The summed E-state index contributed by atoms with van der Waals surface area (Å²) in [5.41, 5.74) is 9.07. The Labute approximate surface area is 190 Å². The minimum atomic E-state index is -0.470. The third-order valence-corrected chi connectivity index (χ3v) is 5.82. The molecule has 0 bridgehead atoms. The van der Waals surface area contributed by atoms with Crippen LogP contribution in [0.1, 0.15) is 25.8 Å². The fourth-order valence-corrected chi connectivity index (χ4v) is 4.16. The highest BCUT2D eigenvalue weighted by atomic mass is 16.5. The monoisotopic (exact) mass is 425 g/mol. The molecule has 0 saturated carbocycles. The normalized spacial score (nSPS) is 16.1. The van der Waals surface area contributed by atoms with E-state index >= 15 is 0 Å². The molecule has 2 N–H and O–H groups in total. The average molecular weight is 426 g/mol. The minimum absolute atomic E-state index is 0.398. The van der Waals surface area contributed by atoms with Crippen LogP contribution in [0.4, 0.5) is 11.4 Å². The van der Waals surface area contributed by atoms with Crippen LogP contribution in [0.3, 0.4) is 0 Å². The van der Waals surface area contributed by atoms with Crippen molar-refractivity contribution < 1.29 is 4.74 Å². The molecule has 1 unspecified atom stereocenters. The molecule has 1 aliphatic rings. The van der Waals surface area contributed by atoms with Crippen LogP contribution in [0, 0.1) is 5.92 Å². The fraction of sp³-hybridized carbons (Fsp3) is 0.250. The van der Waals surface area contributed by atoms with E-state index in [2.05, 4.69) is 65.6 Å². The summed E-state index contributed by atoms with van der Waals surface area (Å²) in [4.78, 5) is 7.19. The van der Waals surface area contributed by atoms with Crippen molar-refractivity contribution in [3.8, 4) is 5.75 Å². The SMILES string of the molecule is COc1ccc2ccccc2c1N=CN(CC1C=CC=CC1)c1ccccc1C(C)(C)N. The molecule has 0 spiro atoms. The lowest BCUT2D eigenvalue weighted by Gasteiger charge is -2.30. The molecule has 3 aromatic carbocycles. The number of ether oxygens (including phenoxy) is 1. The lowest BCUT2D eigenvalue weighted by atomic mass is 9.92. The smallest absolute Gasteiger partial charge is 0.145 e. The van der Waals surface area contributed by atoms with Crippen molar-refractivity contribution in [2.24, 2.45) is 16.6 Å². The van der Waals surface area contributed by atoms with Crippen LogP contribution in [-0.4, -0.2) is 20.0 Å². The van der Waals surface area contributed by atoms with Crippen LogP contribution in [-0.2, 0) is 5.54 Å². The zero-order valence-electron chi connectivity index (χ0n) is 19.0. The Morgan fingerprint density at radius 2 is 1.84 bits per heavy atom. The van der Waals surface area contributed by atoms with E-state index < -0.39 is 5.54 Å². The van der Waals surface area contributed by atoms with Gasteiger partial charge < -0.3 is 15.4 Å². The Bertz CT molecular complexity index is 1170. The lowest BCUT2D eigenvalue weighted by Crippen LogP contribution is -2.34. The van der Waals surface area contributed by atoms with Gasteiger partial charge in [-0.3, -0.25) is 0 Å². The Morgan fingerprint density at radius 3 is 2.59 bits per heavy atom. The van der Waals surface area contributed by atoms with Crippen LogP contribution in [0.15, 0.2) is 90.0 Å². The molecular weight excluding hydrogens is 394 g/mol. The summed E-state index contributed by atoms with van der Waals surface area (Å²) in [6.45, 7) is 4.89. The van der Waals surface area contributed by atoms with Gasteiger partial charge in [0.1, 0.15) is 11.4 Å². The lowest BCUT2D eigenvalue weighted by molar-refractivity contribution is 0.417. The molecule has 0 fully saturated rings. The number of hydrogen-bond donors (Lipinski definition) is 1. The first-order chi connectivity index (χ1) is 15.5. The summed E-state index contributed by atoms with van der Waals surface area (Å²) >= 11 is 0. The Morgan fingerprint density at radius 1 is 1.06 bits per heavy atom. The van der Waals surface area contributed by atoms with E-state index in [-0.39, 0.29) is 0 Å². The molecule has 0 heterocycles. The molecule has 4 rings (SSSR count). The summed E-state index contributed by atoms with van der Waals surface area (Å²) in [6.07, 6.45) is 11.6. The summed E-state index contributed by atoms with van der Waals surface area (Å²) in [5.74, 6) is 1.16. The number of fused-ring (bicyclic) bond motifs is 1. The van der Waals surface area contributed by atoms with Gasteiger partial charge >= 0.3 is 0 Å². The van der Waals surface area contributed by atoms with Gasteiger partial charge in [-0.05, 0) is 49.3 Å². The second kappa shape index (κ2) is 9.41. The molecule has 0 aromatic heterocycles. The molecular formula is C28H31N3O. The van der Waals surface area contributed by atoms with Gasteiger partial charge in [-0.1, -0.05) is 72.8 Å². The topological polar surface area (TPSA) is 50.8 Å². The van der Waals surface area contributed by atoms with Crippen LogP contribution in [0.25, 0.3) is 10.8 Å². The van der Waals surface area contributed by atoms with Crippen molar-refractivity contribution >= 4 is 28.5 Å². The number of nitrogens with two attached hydrogens (primary N) is 1. The maximum Gasteiger partial charge on any atom is 0.145 e. The standard InChI is InChI=1S/C28H31N3O/c1-28(2,29)24-15-9-10-16-25(24)31(19-21-11-5-4-6-12-21)20-30-27-23-14-8-7-13-22(23)17-18-26(27)32-3/h4-11,13-18,20-21H,12,19,29H2,1-3H3. The van der Waals surface area contributed by atoms with Crippen LogP contribution in [0.2, 0.25) is 0 Å². The van der Waals surface area contributed by atoms with Gasteiger partial charge in [0.05, 0.1) is 13.4 Å². The van der Waals surface area contributed by atoms with E-state index in [1.54, 1.807) is 7.11 Å². The summed E-state index contributed by atoms with van der Waals surface area (Å²) in [7, 11) is 1.69. The van der Waals surface area contributed by atoms with Crippen LogP contribution >= 0.6 is 0 Å². The van der Waals surface area contributed by atoms with E-state index in [0.29, 0.717) is 5.92 Å². The second-order valence-electron chi connectivity index (χ2n) is 8.78. The maximum atomic E-state index is 6.54. The Hall–Kier alpha value is -3.37. The van der Waals surface area contributed by atoms with Crippen LogP contribution < -0.4 is 15.4 Å². The first-order valence-corrected chi connectivity index (χ1v) is 11.1. The highest BCUT2D eigenvalue weighted by Crippen LogP contribution is 2.36. The van der Waals surface area contributed by atoms with E-state index in [0.717, 1.165) is 46.4 Å². The number of rotatable bonds is 7. The van der Waals surface area contributed by atoms with Crippen molar-refractivity contribution in [1.82, 2.24) is 0 Å². The number of nitrogens with zero attached hydrogens (tertiary/aromatic N) is 2. The number of para-hydroxylation sites is 1. The van der Waals surface area contributed by atoms with Gasteiger partial charge in [0.25, 0.3) is 0 Å². The molecule has 4 heteroatoms. The van der Waals surface area contributed by atoms with Crippen molar-refractivity contribution in [3.63, 3.8) is 0 Å². The predicted molar refractivity (Wildman–Crippen MR) is 136 cm³/mol. The zero-order valence-corrected chi connectivity index (χ0v) is 19.0. The number of anilines is 1. The zero-order chi connectivity index (χ0) is 22.6. The number of aliphatic imine (C=N–C) groups is 1. The number of benzene rings is 3. The van der Waals surface area contributed by atoms with Crippen LogP contribution in [0.5, 0.6) is 5.75 Å². The molecule has 3 aromatic rings. The minimum Gasteiger partial charge on any atom is -0.494 e. The fourth-order valence-electron chi connectivity index (χ4n) is 4.16. The van der Waals surface area contributed by atoms with Gasteiger partial charge in [0.15, 0.2) is 0 Å². The second-order valence-corrected chi connectivity index (χ2v) is 8.78. The largest absolute Gasteiger partial charge is 0.494 e. The molecule has 0 saturated heterocycles. The predicted octanol–water partition coefficient (Wildman–Crippen LogP) is 6.34. The Balaban J connectivity index is 1.79. The van der Waals surface area contributed by atoms with Gasteiger partial charge in [0, 0.05) is 23.2 Å². The quantitative estimate of drug-likeness (QED) is 0.355. The van der Waals surface area contributed by atoms with Crippen molar-refractivity contribution in [2.75, 3.05) is 18.6 Å². The van der Waals surface area contributed by atoms with E-state index in [1.165, 1.54) is 0 Å². The first-order valence-electron chi connectivity index (χ1n) is 11.1. The third-order valence-electron chi connectivity index (χ3n) is 5.82. The van der Waals surface area contributed by atoms with E-state index in [1.807, 2.05) is 44.5 Å². The molecule has 1 atom stereocenters. The molecule has 0 radical (unpaired) electrons. The van der Waals surface area contributed by atoms with E-state index in [4.69, 9.17) is 15.5 Å². The molecule has 1 aliphatic carbocycles. The number of hydrogen-bond acceptors (Lipinski definition) is 3. The molecule has 32 heavy (non-hydrogen) atoms. The molecule has 0 aliphatic heterocycles. The summed E-state index contributed by atoms with van der Waals surface area (Å²) < 4.78 is 5.65. The first kappa shape index (κ1) is 21.8.